The molecular weight excluding hydrogens is 224 g/mol. The minimum Gasteiger partial charge on any atom is -0.492 e. The van der Waals surface area contributed by atoms with E-state index in [0.29, 0.717) is 23.6 Å². The van der Waals surface area contributed by atoms with Crippen LogP contribution in [0.15, 0.2) is 18.2 Å². The van der Waals surface area contributed by atoms with Gasteiger partial charge in [-0.3, -0.25) is 4.79 Å². The summed E-state index contributed by atoms with van der Waals surface area (Å²) in [6, 6.07) is 5.10. The lowest BCUT2D eigenvalue weighted by atomic mass is 10.1. The van der Waals surface area contributed by atoms with Crippen LogP contribution in [0.5, 0.6) is 5.75 Å². The fourth-order valence-electron chi connectivity index (χ4n) is 1.26. The number of hydrogen-bond donors (Lipinski definition) is 2. The van der Waals surface area contributed by atoms with Crippen LogP contribution in [0.4, 0.5) is 5.69 Å². The average molecular weight is 238 g/mol. The van der Waals surface area contributed by atoms with E-state index in [-0.39, 0.29) is 10.9 Å². The highest BCUT2D eigenvalue weighted by Gasteiger charge is 2.07. The van der Waals surface area contributed by atoms with Gasteiger partial charge in [-0.1, -0.05) is 0 Å². The number of thiocarbonyl (C=S) groups is 1. The molecule has 0 aromatic heterocycles. The number of benzene rings is 1. The predicted octanol–water partition coefficient (Wildman–Crippen LogP) is 1.94. The Morgan fingerprint density at radius 3 is 2.75 bits per heavy atom. The zero-order valence-electron chi connectivity index (χ0n) is 9.24. The Morgan fingerprint density at radius 2 is 2.25 bits per heavy atom. The molecule has 1 aromatic rings. The minimum atomic E-state index is -0.0194. The van der Waals surface area contributed by atoms with Gasteiger partial charge < -0.3 is 15.8 Å². The van der Waals surface area contributed by atoms with Crippen molar-refractivity contribution in [3.8, 4) is 5.75 Å². The number of carbonyl (C=O) groups is 1. The fourth-order valence-corrected chi connectivity index (χ4v) is 1.37. The molecule has 5 heteroatoms. The first-order valence-electron chi connectivity index (χ1n) is 4.88. The fraction of sp³-hybridized carbons (Fsp3) is 0.273. The van der Waals surface area contributed by atoms with Crippen molar-refractivity contribution in [2.24, 2.45) is 5.73 Å². The van der Waals surface area contributed by atoms with E-state index in [1.54, 1.807) is 18.2 Å². The normalized spacial score (nSPS) is 9.62. The van der Waals surface area contributed by atoms with Gasteiger partial charge in [0.25, 0.3) is 0 Å². The number of nitrogens with one attached hydrogen (secondary N) is 1. The summed E-state index contributed by atoms with van der Waals surface area (Å²) in [6.07, 6.45) is 0. The van der Waals surface area contributed by atoms with Gasteiger partial charge in [0.2, 0.25) is 0 Å². The summed E-state index contributed by atoms with van der Waals surface area (Å²) < 4.78 is 5.38. The maximum Gasteiger partial charge on any atom is 0.168 e. The molecule has 0 aliphatic rings. The van der Waals surface area contributed by atoms with Crippen molar-refractivity contribution < 1.29 is 9.53 Å². The van der Waals surface area contributed by atoms with E-state index in [4.69, 9.17) is 22.7 Å². The molecule has 3 N–H and O–H groups in total. The van der Waals surface area contributed by atoms with Crippen molar-refractivity contribution in [3.63, 3.8) is 0 Å². The Kier molecular flexibility index (Phi) is 4.25. The van der Waals surface area contributed by atoms with E-state index in [1.807, 2.05) is 6.92 Å². The number of carbonyl (C=O) groups excluding carboxylic acids is 1. The van der Waals surface area contributed by atoms with Crippen LogP contribution in [-0.4, -0.2) is 17.5 Å². The number of Topliss-reactive ketones (excluding diaryl/α,β-unsaturated/α-hetero) is 1. The molecule has 86 valence electrons. The summed E-state index contributed by atoms with van der Waals surface area (Å²) >= 11 is 4.76. The smallest absolute Gasteiger partial charge is 0.168 e. The Morgan fingerprint density at radius 1 is 1.56 bits per heavy atom. The number of ether oxygens (including phenoxy) is 1. The van der Waals surface area contributed by atoms with Crippen LogP contribution in [0.3, 0.4) is 0 Å². The van der Waals surface area contributed by atoms with Crippen LogP contribution in [0.2, 0.25) is 0 Å². The molecule has 0 bridgehead atoms. The second-order valence-corrected chi connectivity index (χ2v) is 3.63. The molecule has 0 saturated carbocycles. The van der Waals surface area contributed by atoms with Crippen molar-refractivity contribution in [2.45, 2.75) is 13.8 Å². The van der Waals surface area contributed by atoms with Crippen molar-refractivity contribution >= 4 is 28.8 Å². The van der Waals surface area contributed by atoms with Crippen molar-refractivity contribution in [1.29, 1.82) is 0 Å². The summed E-state index contributed by atoms with van der Waals surface area (Å²) in [7, 11) is 0. The quantitative estimate of drug-likeness (QED) is 0.620. The molecule has 0 fully saturated rings. The molecule has 0 radical (unpaired) electrons. The lowest BCUT2D eigenvalue weighted by Gasteiger charge is -2.12. The van der Waals surface area contributed by atoms with Gasteiger partial charge in [-0.05, 0) is 44.3 Å². The largest absolute Gasteiger partial charge is 0.492 e. The van der Waals surface area contributed by atoms with Gasteiger partial charge in [-0.25, -0.2) is 0 Å². The third kappa shape index (κ3) is 3.20. The lowest BCUT2D eigenvalue weighted by Crippen LogP contribution is -2.19. The Bertz CT molecular complexity index is 418. The van der Waals surface area contributed by atoms with Crippen molar-refractivity contribution in [3.05, 3.63) is 23.8 Å². The van der Waals surface area contributed by atoms with E-state index < -0.39 is 0 Å². The summed E-state index contributed by atoms with van der Waals surface area (Å²) in [5, 5.41) is 2.93. The first-order chi connectivity index (χ1) is 7.54. The van der Waals surface area contributed by atoms with Crippen LogP contribution >= 0.6 is 12.2 Å². The SMILES string of the molecule is CCOc1ccc(C(C)=O)cc1NC(N)=S. The lowest BCUT2D eigenvalue weighted by molar-refractivity contribution is 0.101. The zero-order chi connectivity index (χ0) is 12.1. The van der Waals surface area contributed by atoms with Crippen LogP contribution < -0.4 is 15.8 Å². The third-order valence-electron chi connectivity index (χ3n) is 1.94. The molecule has 4 nitrogen and oxygen atoms in total. The van der Waals surface area contributed by atoms with Crippen molar-refractivity contribution in [1.82, 2.24) is 0 Å². The van der Waals surface area contributed by atoms with Crippen molar-refractivity contribution in [2.75, 3.05) is 11.9 Å². The van der Waals surface area contributed by atoms with E-state index in [1.165, 1.54) is 6.92 Å². The molecule has 0 atom stereocenters. The van der Waals surface area contributed by atoms with Crippen LogP contribution in [0, 0.1) is 0 Å². The number of rotatable bonds is 4. The van der Waals surface area contributed by atoms with E-state index >= 15 is 0 Å². The molecule has 1 rings (SSSR count). The van der Waals surface area contributed by atoms with E-state index in [9.17, 15) is 4.79 Å². The standard InChI is InChI=1S/C11H14N2O2S/c1-3-15-10-5-4-8(7(2)14)6-9(10)13-11(12)16/h4-6H,3H2,1-2H3,(H3,12,13,16). The number of ketones is 1. The third-order valence-corrected chi connectivity index (χ3v) is 2.05. The molecule has 0 heterocycles. The highest BCUT2D eigenvalue weighted by Crippen LogP contribution is 2.25. The van der Waals surface area contributed by atoms with Crippen LogP contribution in [0.25, 0.3) is 0 Å². The van der Waals surface area contributed by atoms with Gasteiger partial charge >= 0.3 is 0 Å². The molecule has 0 spiro atoms. The number of hydrogen-bond acceptors (Lipinski definition) is 3. The first kappa shape index (κ1) is 12.4. The van der Waals surface area contributed by atoms with Crippen LogP contribution in [-0.2, 0) is 0 Å². The summed E-state index contributed by atoms with van der Waals surface area (Å²) in [4.78, 5) is 11.2. The second kappa shape index (κ2) is 5.46. The van der Waals surface area contributed by atoms with Gasteiger partial charge in [-0.15, -0.1) is 0 Å². The molecule has 0 saturated heterocycles. The number of anilines is 1. The predicted molar refractivity (Wildman–Crippen MR) is 68.0 cm³/mol. The zero-order valence-corrected chi connectivity index (χ0v) is 10.1. The van der Waals surface area contributed by atoms with E-state index in [0.717, 1.165) is 0 Å². The molecule has 0 aliphatic heterocycles. The van der Waals surface area contributed by atoms with Gasteiger partial charge in [0.15, 0.2) is 10.9 Å². The average Bonchev–Trinajstić information content (AvgIpc) is 2.19. The van der Waals surface area contributed by atoms with Gasteiger partial charge in [0.05, 0.1) is 12.3 Å². The Labute approximate surface area is 99.8 Å². The van der Waals surface area contributed by atoms with Gasteiger partial charge in [0, 0.05) is 5.56 Å². The highest BCUT2D eigenvalue weighted by molar-refractivity contribution is 7.80. The van der Waals surface area contributed by atoms with Crippen LogP contribution in [0.1, 0.15) is 24.2 Å². The Balaban J connectivity index is 3.09. The Hall–Kier alpha value is -1.62. The maximum absolute atomic E-state index is 11.2. The summed E-state index contributed by atoms with van der Waals surface area (Å²) in [5.74, 6) is 0.606. The molecule has 0 aliphatic carbocycles. The molecule has 16 heavy (non-hydrogen) atoms. The van der Waals surface area contributed by atoms with Gasteiger partial charge in [-0.2, -0.15) is 0 Å². The second-order valence-electron chi connectivity index (χ2n) is 3.19. The minimum absolute atomic E-state index is 0.0194. The monoisotopic (exact) mass is 238 g/mol. The summed E-state index contributed by atoms with van der Waals surface area (Å²) in [6.45, 7) is 3.91. The molecule has 0 unspecified atom stereocenters. The van der Waals surface area contributed by atoms with Gasteiger partial charge in [0.1, 0.15) is 5.75 Å². The first-order valence-corrected chi connectivity index (χ1v) is 5.29. The number of nitrogens with two attached hydrogens (primary N) is 1. The van der Waals surface area contributed by atoms with E-state index in [2.05, 4.69) is 5.32 Å². The molecule has 0 amide bonds. The topological polar surface area (TPSA) is 64.3 Å². The highest BCUT2D eigenvalue weighted by atomic mass is 32.1. The molecule has 1 aromatic carbocycles. The molecular formula is C11H14N2O2S. The maximum atomic E-state index is 11.2. The summed E-state index contributed by atoms with van der Waals surface area (Å²) in [5.41, 5.74) is 6.59.